The fraction of sp³-hybridized carbons (Fsp3) is 0.312. The fourth-order valence-corrected chi connectivity index (χ4v) is 4.85. The molecule has 2 atom stereocenters. The predicted molar refractivity (Wildman–Crippen MR) is 90.2 cm³/mol. The topological polar surface area (TPSA) is 101 Å². The summed E-state index contributed by atoms with van der Waals surface area (Å²) in [5.41, 5.74) is 0.754. The lowest BCUT2D eigenvalue weighted by atomic mass is 10.2. The van der Waals surface area contributed by atoms with Crippen molar-refractivity contribution in [2.24, 2.45) is 0 Å². The molecule has 4 rings (SSSR count). The highest BCUT2D eigenvalue weighted by molar-refractivity contribution is 7.89. The van der Waals surface area contributed by atoms with Gasteiger partial charge in [-0.2, -0.15) is 9.40 Å². The Balaban J connectivity index is 1.76. The lowest BCUT2D eigenvalue weighted by molar-refractivity contribution is 0.114. The highest BCUT2D eigenvalue weighted by atomic mass is 32.2. The van der Waals surface area contributed by atoms with E-state index < -0.39 is 16.1 Å². The minimum Gasteiger partial charge on any atom is -0.380 e. The van der Waals surface area contributed by atoms with Crippen LogP contribution < -0.4 is 0 Å². The van der Waals surface area contributed by atoms with Crippen molar-refractivity contribution < 1.29 is 13.2 Å². The minimum atomic E-state index is -3.71. The van der Waals surface area contributed by atoms with Crippen LogP contribution in [0.3, 0.4) is 0 Å². The molecular weight excluding hydrogens is 342 g/mol. The van der Waals surface area contributed by atoms with E-state index in [0.29, 0.717) is 12.2 Å². The summed E-state index contributed by atoms with van der Waals surface area (Å²) in [6.07, 6.45) is 3.40. The molecule has 130 valence electrons. The Hall–Kier alpha value is -2.36. The lowest BCUT2D eigenvalue weighted by Gasteiger charge is -2.22. The number of benzene rings is 1. The molecule has 0 unspecified atom stereocenters. The standard InChI is InChI=1S/C16H17N5O3S/c1-24-12-8-15(16-18-10-19-20-16)21(9-12)25(22,23)13-4-5-14-11(7-13)3-2-6-17-14/h2-7,10,12,15H,8-9H2,1H3,(H,18,19,20)/t12-,15+/m1/s1. The summed E-state index contributed by atoms with van der Waals surface area (Å²) in [5, 5.41) is 7.40. The van der Waals surface area contributed by atoms with Gasteiger partial charge in [0.05, 0.1) is 22.6 Å². The summed E-state index contributed by atoms with van der Waals surface area (Å²) in [4.78, 5) is 8.60. The van der Waals surface area contributed by atoms with Crippen molar-refractivity contribution in [1.29, 1.82) is 0 Å². The van der Waals surface area contributed by atoms with Crippen LogP contribution in [-0.4, -0.2) is 52.6 Å². The Morgan fingerprint density at radius 3 is 2.92 bits per heavy atom. The molecule has 0 bridgehead atoms. The number of pyridine rings is 1. The normalized spacial score (nSPS) is 21.8. The molecule has 9 heteroatoms. The quantitative estimate of drug-likeness (QED) is 0.758. The van der Waals surface area contributed by atoms with E-state index in [2.05, 4.69) is 20.2 Å². The van der Waals surface area contributed by atoms with Gasteiger partial charge in [-0.15, -0.1) is 0 Å². The van der Waals surface area contributed by atoms with E-state index in [0.717, 1.165) is 10.9 Å². The van der Waals surface area contributed by atoms with Crippen molar-refractivity contribution in [3.8, 4) is 0 Å². The fourth-order valence-electron chi connectivity index (χ4n) is 3.18. The molecule has 1 aliphatic heterocycles. The number of aromatic amines is 1. The second kappa shape index (κ2) is 6.17. The summed E-state index contributed by atoms with van der Waals surface area (Å²) in [6.45, 7) is 0.273. The zero-order valence-electron chi connectivity index (χ0n) is 13.5. The average molecular weight is 359 g/mol. The van der Waals surface area contributed by atoms with E-state index in [1.165, 1.54) is 10.6 Å². The van der Waals surface area contributed by atoms with Gasteiger partial charge >= 0.3 is 0 Å². The van der Waals surface area contributed by atoms with Gasteiger partial charge in [0.2, 0.25) is 10.0 Å². The third-order valence-electron chi connectivity index (χ3n) is 4.48. The van der Waals surface area contributed by atoms with E-state index in [4.69, 9.17) is 4.74 Å². The Kier molecular flexibility index (Phi) is 3.98. The number of hydrogen-bond donors (Lipinski definition) is 1. The molecule has 25 heavy (non-hydrogen) atoms. The summed E-state index contributed by atoms with van der Waals surface area (Å²) in [7, 11) is -2.13. The van der Waals surface area contributed by atoms with E-state index in [1.54, 1.807) is 37.6 Å². The van der Waals surface area contributed by atoms with Crippen molar-refractivity contribution in [2.45, 2.75) is 23.5 Å². The first-order valence-electron chi connectivity index (χ1n) is 7.84. The molecule has 1 aliphatic rings. The number of nitrogens with one attached hydrogen (secondary N) is 1. The van der Waals surface area contributed by atoms with Crippen LogP contribution in [0, 0.1) is 0 Å². The van der Waals surface area contributed by atoms with Gasteiger partial charge in [-0.25, -0.2) is 13.4 Å². The van der Waals surface area contributed by atoms with Crippen molar-refractivity contribution in [3.05, 3.63) is 48.7 Å². The second-order valence-corrected chi connectivity index (χ2v) is 7.80. The summed E-state index contributed by atoms with van der Waals surface area (Å²) >= 11 is 0. The molecular formula is C16H17N5O3S. The summed E-state index contributed by atoms with van der Waals surface area (Å²) < 4.78 is 33.3. The van der Waals surface area contributed by atoms with Gasteiger partial charge in [-0.3, -0.25) is 10.1 Å². The number of methoxy groups -OCH3 is 1. The van der Waals surface area contributed by atoms with Crippen LogP contribution in [0.1, 0.15) is 18.3 Å². The smallest absolute Gasteiger partial charge is 0.243 e. The first-order valence-corrected chi connectivity index (χ1v) is 9.28. The minimum absolute atomic E-state index is 0.188. The van der Waals surface area contributed by atoms with Crippen molar-refractivity contribution in [2.75, 3.05) is 13.7 Å². The second-order valence-electron chi connectivity index (χ2n) is 5.91. The lowest BCUT2D eigenvalue weighted by Crippen LogP contribution is -2.32. The third-order valence-corrected chi connectivity index (χ3v) is 6.35. The number of aromatic nitrogens is 4. The number of nitrogens with zero attached hydrogens (tertiary/aromatic N) is 4. The van der Waals surface area contributed by atoms with E-state index in [-0.39, 0.29) is 17.5 Å². The summed E-state index contributed by atoms with van der Waals surface area (Å²) in [6, 6.07) is 8.15. The molecule has 0 saturated carbocycles. The Morgan fingerprint density at radius 2 is 2.16 bits per heavy atom. The van der Waals surface area contributed by atoms with Crippen LogP contribution in [0.4, 0.5) is 0 Å². The highest BCUT2D eigenvalue weighted by Gasteiger charge is 2.42. The van der Waals surface area contributed by atoms with Crippen LogP contribution in [0.5, 0.6) is 0 Å². The van der Waals surface area contributed by atoms with Crippen LogP contribution in [0.25, 0.3) is 10.9 Å². The number of sulfonamides is 1. The number of hydrogen-bond acceptors (Lipinski definition) is 6. The maximum atomic E-state index is 13.2. The Morgan fingerprint density at radius 1 is 1.28 bits per heavy atom. The first kappa shape index (κ1) is 16.1. The zero-order valence-corrected chi connectivity index (χ0v) is 14.3. The SMILES string of the molecule is CO[C@@H]1C[C@@H](c2ncn[nH]2)N(S(=O)(=O)c2ccc3ncccc3c2)C1. The van der Waals surface area contributed by atoms with Crippen molar-refractivity contribution in [3.63, 3.8) is 0 Å². The Bertz CT molecular complexity index is 990. The first-order chi connectivity index (χ1) is 12.1. The van der Waals surface area contributed by atoms with E-state index in [9.17, 15) is 8.42 Å². The van der Waals surface area contributed by atoms with E-state index in [1.807, 2.05) is 6.07 Å². The molecule has 1 N–H and O–H groups in total. The molecule has 8 nitrogen and oxygen atoms in total. The van der Waals surface area contributed by atoms with Crippen molar-refractivity contribution in [1.82, 2.24) is 24.5 Å². The molecule has 1 saturated heterocycles. The van der Waals surface area contributed by atoms with E-state index >= 15 is 0 Å². The third kappa shape index (κ3) is 2.80. The summed E-state index contributed by atoms with van der Waals surface area (Å²) in [5.74, 6) is 0.519. The zero-order chi connectivity index (χ0) is 17.4. The maximum absolute atomic E-state index is 13.2. The molecule has 0 aliphatic carbocycles. The number of rotatable bonds is 4. The van der Waals surface area contributed by atoms with Gasteiger partial charge in [0.1, 0.15) is 12.2 Å². The molecule has 1 aromatic carbocycles. The van der Waals surface area contributed by atoms with Crippen LogP contribution >= 0.6 is 0 Å². The molecule has 2 aromatic heterocycles. The van der Waals surface area contributed by atoms with Crippen LogP contribution in [0.2, 0.25) is 0 Å². The maximum Gasteiger partial charge on any atom is 0.243 e. The van der Waals surface area contributed by atoms with Crippen LogP contribution in [0.15, 0.2) is 47.8 Å². The average Bonchev–Trinajstić information content (AvgIpc) is 3.30. The van der Waals surface area contributed by atoms with Gasteiger partial charge in [-0.1, -0.05) is 6.07 Å². The number of fused-ring (bicyclic) bond motifs is 1. The van der Waals surface area contributed by atoms with Crippen LogP contribution in [-0.2, 0) is 14.8 Å². The van der Waals surface area contributed by atoms with Gasteiger partial charge in [0.15, 0.2) is 0 Å². The molecule has 3 heterocycles. The highest BCUT2D eigenvalue weighted by Crippen LogP contribution is 2.36. The molecule has 0 spiro atoms. The van der Waals surface area contributed by atoms with Gasteiger partial charge in [0.25, 0.3) is 0 Å². The van der Waals surface area contributed by atoms with Gasteiger partial charge < -0.3 is 4.74 Å². The Labute approximate surface area is 144 Å². The molecule has 1 fully saturated rings. The molecule has 0 radical (unpaired) electrons. The molecule has 3 aromatic rings. The largest absolute Gasteiger partial charge is 0.380 e. The van der Waals surface area contributed by atoms with Gasteiger partial charge in [-0.05, 0) is 30.7 Å². The number of H-pyrrole nitrogens is 1. The number of ether oxygens (including phenoxy) is 1. The van der Waals surface area contributed by atoms with Gasteiger partial charge in [0, 0.05) is 25.2 Å². The van der Waals surface area contributed by atoms with Crippen molar-refractivity contribution >= 4 is 20.9 Å². The monoisotopic (exact) mass is 359 g/mol. The predicted octanol–water partition coefficient (Wildman–Crippen LogP) is 1.50. The molecule has 0 amide bonds.